The van der Waals surface area contributed by atoms with Crippen molar-refractivity contribution in [2.24, 2.45) is 5.73 Å². The Balaban J connectivity index is 2.02. The summed E-state index contributed by atoms with van der Waals surface area (Å²) in [4.78, 5) is 2.46. The summed E-state index contributed by atoms with van der Waals surface area (Å²) >= 11 is 6.52. The molecule has 3 heteroatoms. The van der Waals surface area contributed by atoms with Crippen LogP contribution in [0.1, 0.15) is 50.5 Å². The minimum Gasteiger partial charge on any atom is -0.371 e. The SMILES string of the molecule is NC1(c2c(Cl)cccc2N2CCCC2)CCCCC1. The van der Waals surface area contributed by atoms with Gasteiger partial charge in [-0.2, -0.15) is 0 Å². The maximum Gasteiger partial charge on any atom is 0.0477 e. The van der Waals surface area contributed by atoms with Crippen LogP contribution in [0.15, 0.2) is 18.2 Å². The van der Waals surface area contributed by atoms with Crippen LogP contribution < -0.4 is 10.6 Å². The topological polar surface area (TPSA) is 29.3 Å². The molecule has 19 heavy (non-hydrogen) atoms. The number of anilines is 1. The highest BCUT2D eigenvalue weighted by Gasteiger charge is 2.34. The van der Waals surface area contributed by atoms with E-state index in [1.165, 1.54) is 43.4 Å². The second kappa shape index (κ2) is 5.34. The predicted octanol–water partition coefficient (Wildman–Crippen LogP) is 4.06. The van der Waals surface area contributed by atoms with E-state index in [-0.39, 0.29) is 5.54 Å². The number of nitrogens with zero attached hydrogens (tertiary/aromatic N) is 1. The Morgan fingerprint density at radius 1 is 1.00 bits per heavy atom. The number of hydrogen-bond acceptors (Lipinski definition) is 2. The van der Waals surface area contributed by atoms with E-state index < -0.39 is 0 Å². The Hall–Kier alpha value is -0.730. The van der Waals surface area contributed by atoms with Crippen molar-refractivity contribution in [2.45, 2.75) is 50.5 Å². The third kappa shape index (κ3) is 2.48. The van der Waals surface area contributed by atoms with Gasteiger partial charge < -0.3 is 10.6 Å². The van der Waals surface area contributed by atoms with Crippen LogP contribution >= 0.6 is 11.6 Å². The van der Waals surface area contributed by atoms with Crippen molar-refractivity contribution < 1.29 is 0 Å². The summed E-state index contributed by atoms with van der Waals surface area (Å²) in [7, 11) is 0. The summed E-state index contributed by atoms with van der Waals surface area (Å²) < 4.78 is 0. The van der Waals surface area contributed by atoms with Crippen molar-refractivity contribution in [3.05, 3.63) is 28.8 Å². The highest BCUT2D eigenvalue weighted by Crippen LogP contribution is 2.43. The number of rotatable bonds is 2. The largest absolute Gasteiger partial charge is 0.371 e. The Morgan fingerprint density at radius 3 is 2.37 bits per heavy atom. The van der Waals surface area contributed by atoms with Crippen molar-refractivity contribution in [2.75, 3.05) is 18.0 Å². The van der Waals surface area contributed by atoms with E-state index in [9.17, 15) is 0 Å². The second-order valence-corrected chi connectivity index (χ2v) is 6.45. The quantitative estimate of drug-likeness (QED) is 0.884. The van der Waals surface area contributed by atoms with E-state index in [0.29, 0.717) is 0 Å². The van der Waals surface area contributed by atoms with Crippen LogP contribution in [0.2, 0.25) is 5.02 Å². The molecule has 3 rings (SSSR count). The zero-order chi connectivity index (χ0) is 13.3. The first kappa shape index (κ1) is 13.3. The summed E-state index contributed by atoms with van der Waals surface area (Å²) in [5.74, 6) is 0. The molecule has 1 aromatic carbocycles. The van der Waals surface area contributed by atoms with Gasteiger partial charge in [-0.05, 0) is 37.8 Å². The lowest BCUT2D eigenvalue weighted by Gasteiger charge is -2.37. The molecule has 104 valence electrons. The number of halogens is 1. The van der Waals surface area contributed by atoms with Crippen molar-refractivity contribution in [1.82, 2.24) is 0 Å². The van der Waals surface area contributed by atoms with Crippen molar-refractivity contribution in [1.29, 1.82) is 0 Å². The molecule has 0 bridgehead atoms. The average Bonchev–Trinajstić information content (AvgIpc) is 2.93. The highest BCUT2D eigenvalue weighted by molar-refractivity contribution is 6.32. The van der Waals surface area contributed by atoms with Crippen molar-refractivity contribution in [3.63, 3.8) is 0 Å². The van der Waals surface area contributed by atoms with Crippen LogP contribution in [0, 0.1) is 0 Å². The molecule has 0 radical (unpaired) electrons. The Kier molecular flexibility index (Phi) is 3.72. The maximum absolute atomic E-state index is 6.74. The lowest BCUT2D eigenvalue weighted by atomic mass is 9.76. The molecule has 1 saturated carbocycles. The third-order valence-electron chi connectivity index (χ3n) is 4.68. The molecule has 1 aliphatic heterocycles. The average molecular weight is 279 g/mol. The molecule has 2 N–H and O–H groups in total. The molecule has 2 fully saturated rings. The van der Waals surface area contributed by atoms with Crippen LogP contribution in [0.4, 0.5) is 5.69 Å². The molecule has 0 spiro atoms. The van der Waals surface area contributed by atoms with E-state index in [1.54, 1.807) is 0 Å². The number of benzene rings is 1. The molecule has 0 aromatic heterocycles. The van der Waals surface area contributed by atoms with E-state index >= 15 is 0 Å². The molecule has 0 amide bonds. The molecule has 1 saturated heterocycles. The molecule has 2 aliphatic rings. The number of nitrogens with two attached hydrogens (primary N) is 1. The third-order valence-corrected chi connectivity index (χ3v) is 5.00. The van der Waals surface area contributed by atoms with Crippen molar-refractivity contribution >= 4 is 17.3 Å². The first-order valence-electron chi connectivity index (χ1n) is 7.53. The van der Waals surface area contributed by atoms with Crippen LogP contribution in [0.5, 0.6) is 0 Å². The van der Waals surface area contributed by atoms with Gasteiger partial charge in [0, 0.05) is 34.9 Å². The lowest BCUT2D eigenvalue weighted by Crippen LogP contribution is -2.40. The minimum atomic E-state index is -0.214. The molecule has 2 nitrogen and oxygen atoms in total. The molecule has 1 aromatic rings. The van der Waals surface area contributed by atoms with Gasteiger partial charge in [-0.25, -0.2) is 0 Å². The summed E-state index contributed by atoms with van der Waals surface area (Å²) in [6, 6.07) is 6.26. The molecular formula is C16H23ClN2. The van der Waals surface area contributed by atoms with E-state index in [2.05, 4.69) is 17.0 Å². The van der Waals surface area contributed by atoms with E-state index in [4.69, 9.17) is 17.3 Å². The van der Waals surface area contributed by atoms with E-state index in [0.717, 1.165) is 31.0 Å². The molecule has 0 unspecified atom stereocenters. The fraction of sp³-hybridized carbons (Fsp3) is 0.625. The molecule has 1 aliphatic carbocycles. The zero-order valence-corrected chi connectivity index (χ0v) is 12.3. The molecule has 1 heterocycles. The second-order valence-electron chi connectivity index (χ2n) is 6.04. The first-order valence-corrected chi connectivity index (χ1v) is 7.91. The monoisotopic (exact) mass is 278 g/mol. The highest BCUT2D eigenvalue weighted by atomic mass is 35.5. The van der Waals surface area contributed by atoms with Crippen LogP contribution in [0.25, 0.3) is 0 Å². The molecular weight excluding hydrogens is 256 g/mol. The van der Waals surface area contributed by atoms with Gasteiger partial charge in [-0.15, -0.1) is 0 Å². The van der Waals surface area contributed by atoms with Gasteiger partial charge in [0.2, 0.25) is 0 Å². The normalized spacial score (nSPS) is 22.7. The standard InChI is InChI=1S/C16H23ClN2/c17-13-7-6-8-14(19-11-4-5-12-19)15(13)16(18)9-2-1-3-10-16/h6-8H,1-5,9-12,18H2. The van der Waals surface area contributed by atoms with Gasteiger partial charge in [0.05, 0.1) is 0 Å². The van der Waals surface area contributed by atoms with Gasteiger partial charge in [-0.3, -0.25) is 0 Å². The predicted molar refractivity (Wildman–Crippen MR) is 81.8 cm³/mol. The summed E-state index contributed by atoms with van der Waals surface area (Å²) in [6.07, 6.45) is 8.45. The maximum atomic E-state index is 6.74. The zero-order valence-electron chi connectivity index (χ0n) is 11.5. The van der Waals surface area contributed by atoms with Gasteiger partial charge >= 0.3 is 0 Å². The summed E-state index contributed by atoms with van der Waals surface area (Å²) in [6.45, 7) is 2.28. The van der Waals surface area contributed by atoms with Gasteiger partial charge in [0.25, 0.3) is 0 Å². The van der Waals surface area contributed by atoms with Crippen LogP contribution in [-0.4, -0.2) is 13.1 Å². The van der Waals surface area contributed by atoms with Crippen LogP contribution in [-0.2, 0) is 5.54 Å². The summed E-state index contributed by atoms with van der Waals surface area (Å²) in [5.41, 5.74) is 9.02. The van der Waals surface area contributed by atoms with Crippen molar-refractivity contribution in [3.8, 4) is 0 Å². The Bertz CT molecular complexity index is 446. The van der Waals surface area contributed by atoms with Gasteiger partial charge in [0.1, 0.15) is 0 Å². The Labute approximate surface area is 120 Å². The first-order chi connectivity index (χ1) is 9.21. The van der Waals surface area contributed by atoms with Gasteiger partial charge in [0.15, 0.2) is 0 Å². The van der Waals surface area contributed by atoms with Crippen LogP contribution in [0.3, 0.4) is 0 Å². The number of hydrogen-bond donors (Lipinski definition) is 1. The minimum absolute atomic E-state index is 0.214. The Morgan fingerprint density at radius 2 is 1.68 bits per heavy atom. The van der Waals surface area contributed by atoms with Gasteiger partial charge in [-0.1, -0.05) is 36.9 Å². The lowest BCUT2D eigenvalue weighted by molar-refractivity contribution is 0.303. The van der Waals surface area contributed by atoms with E-state index in [1.807, 2.05) is 6.07 Å². The fourth-order valence-electron chi connectivity index (χ4n) is 3.66. The smallest absolute Gasteiger partial charge is 0.0477 e. The summed E-state index contributed by atoms with van der Waals surface area (Å²) in [5, 5.41) is 0.855. The fourth-order valence-corrected chi connectivity index (χ4v) is 4.02. The molecule has 0 atom stereocenters.